The van der Waals surface area contributed by atoms with Crippen molar-refractivity contribution in [1.82, 2.24) is 10.2 Å². The summed E-state index contributed by atoms with van der Waals surface area (Å²) in [4.78, 5) is 37.2. The van der Waals surface area contributed by atoms with Crippen LogP contribution in [0.2, 0.25) is 0 Å². The van der Waals surface area contributed by atoms with Gasteiger partial charge in [-0.2, -0.15) is 0 Å². The smallest absolute Gasteiger partial charge is 0.255 e. The predicted molar refractivity (Wildman–Crippen MR) is 75.2 cm³/mol. The van der Waals surface area contributed by atoms with Gasteiger partial charge in [0.15, 0.2) is 0 Å². The van der Waals surface area contributed by atoms with E-state index < -0.39 is 11.9 Å². The van der Waals surface area contributed by atoms with Crippen LogP contribution in [0.3, 0.4) is 0 Å². The van der Waals surface area contributed by atoms with E-state index in [9.17, 15) is 14.4 Å². The number of amides is 3. The van der Waals surface area contributed by atoms with Gasteiger partial charge in [-0.05, 0) is 36.6 Å². The van der Waals surface area contributed by atoms with Gasteiger partial charge in [0.2, 0.25) is 11.8 Å². The van der Waals surface area contributed by atoms with Gasteiger partial charge in [-0.25, -0.2) is 0 Å². The number of benzene rings is 1. The number of rotatable bonds is 1. The van der Waals surface area contributed by atoms with Gasteiger partial charge >= 0.3 is 0 Å². The molecule has 106 valence electrons. The quantitative estimate of drug-likeness (QED) is 0.610. The van der Waals surface area contributed by atoms with Crippen LogP contribution in [0.25, 0.3) is 0 Å². The molecule has 21 heavy (non-hydrogen) atoms. The summed E-state index contributed by atoms with van der Waals surface area (Å²) in [6, 6.07) is 2.97. The molecule has 1 aromatic rings. The minimum Gasteiger partial charge on any atom is -0.322 e. The molecule has 1 unspecified atom stereocenters. The molecule has 2 aliphatic heterocycles. The highest BCUT2D eigenvalue weighted by atomic mass is 16.2. The summed E-state index contributed by atoms with van der Waals surface area (Å²) in [7, 11) is 0. The van der Waals surface area contributed by atoms with E-state index in [2.05, 4.69) is 11.2 Å². The number of fused-ring (bicyclic) bond motifs is 1. The fourth-order valence-electron chi connectivity index (χ4n) is 2.93. The zero-order valence-electron chi connectivity index (χ0n) is 11.6. The number of hydrogen-bond acceptors (Lipinski definition) is 3. The second-order valence-corrected chi connectivity index (χ2v) is 5.36. The molecule has 5 nitrogen and oxygen atoms in total. The minimum absolute atomic E-state index is 0.195. The highest BCUT2D eigenvalue weighted by molar-refractivity contribution is 6.05. The van der Waals surface area contributed by atoms with Crippen LogP contribution in [0.15, 0.2) is 12.1 Å². The average Bonchev–Trinajstić information content (AvgIpc) is 2.77. The lowest BCUT2D eigenvalue weighted by Gasteiger charge is -2.29. The van der Waals surface area contributed by atoms with Gasteiger partial charge in [0.1, 0.15) is 6.04 Å². The van der Waals surface area contributed by atoms with Crippen molar-refractivity contribution in [2.75, 3.05) is 0 Å². The summed E-state index contributed by atoms with van der Waals surface area (Å²) in [6.07, 6.45) is 6.02. The molecule has 0 spiro atoms. The van der Waals surface area contributed by atoms with Crippen LogP contribution in [0.4, 0.5) is 0 Å². The molecule has 1 atom stereocenters. The molecular formula is C16H14N2O3. The molecule has 1 aromatic carbocycles. The Morgan fingerprint density at radius 3 is 2.76 bits per heavy atom. The Hall–Kier alpha value is -2.61. The second-order valence-electron chi connectivity index (χ2n) is 5.36. The topological polar surface area (TPSA) is 66.5 Å². The fourth-order valence-corrected chi connectivity index (χ4v) is 2.93. The highest BCUT2D eigenvalue weighted by Gasteiger charge is 2.39. The first-order valence-electron chi connectivity index (χ1n) is 6.76. The van der Waals surface area contributed by atoms with Crippen LogP contribution >= 0.6 is 0 Å². The van der Waals surface area contributed by atoms with E-state index in [0.717, 1.165) is 11.1 Å². The zero-order valence-corrected chi connectivity index (χ0v) is 11.6. The number of carbonyl (C=O) groups excluding carboxylic acids is 3. The van der Waals surface area contributed by atoms with Crippen molar-refractivity contribution >= 4 is 17.7 Å². The van der Waals surface area contributed by atoms with Gasteiger partial charge in [0, 0.05) is 24.1 Å². The molecule has 1 N–H and O–H groups in total. The molecular weight excluding hydrogens is 268 g/mol. The van der Waals surface area contributed by atoms with Crippen molar-refractivity contribution in [2.45, 2.75) is 32.4 Å². The lowest BCUT2D eigenvalue weighted by Crippen LogP contribution is -2.52. The number of aryl methyl sites for hydroxylation is 1. The molecule has 0 aromatic heterocycles. The zero-order chi connectivity index (χ0) is 15.1. The van der Waals surface area contributed by atoms with Crippen LogP contribution in [0.5, 0.6) is 0 Å². The van der Waals surface area contributed by atoms with E-state index in [1.54, 1.807) is 6.07 Å². The maximum Gasteiger partial charge on any atom is 0.255 e. The number of terminal acetylenes is 1. The summed E-state index contributed by atoms with van der Waals surface area (Å²) < 4.78 is 0. The largest absolute Gasteiger partial charge is 0.322 e. The van der Waals surface area contributed by atoms with Crippen molar-refractivity contribution in [1.29, 1.82) is 0 Å². The molecule has 0 radical (unpaired) electrons. The molecule has 0 bridgehead atoms. The summed E-state index contributed by atoms with van der Waals surface area (Å²) in [5.74, 6) is 1.65. The Bertz CT molecular complexity index is 715. The molecule has 2 heterocycles. The monoisotopic (exact) mass is 282 g/mol. The molecule has 1 fully saturated rings. The molecule has 5 heteroatoms. The number of hydrogen-bond donors (Lipinski definition) is 1. The molecule has 0 saturated carbocycles. The van der Waals surface area contributed by atoms with Gasteiger partial charge in [-0.15, -0.1) is 6.42 Å². The SMILES string of the molecule is C#Cc1cc(C)c2c(c1)C(=O)N(C1CCC(=O)NC1=O)C2. The number of piperidine rings is 1. The van der Waals surface area contributed by atoms with Crippen molar-refractivity contribution in [3.8, 4) is 12.3 Å². The van der Waals surface area contributed by atoms with Gasteiger partial charge in [-0.1, -0.05) is 5.92 Å². The molecule has 0 aliphatic carbocycles. The normalized spacial score (nSPS) is 21.0. The molecule has 3 amide bonds. The Balaban J connectivity index is 1.94. The highest BCUT2D eigenvalue weighted by Crippen LogP contribution is 2.30. The first kappa shape index (κ1) is 13.4. The maximum absolute atomic E-state index is 12.5. The number of nitrogens with zero attached hydrogens (tertiary/aromatic N) is 1. The van der Waals surface area contributed by atoms with Gasteiger partial charge in [0.25, 0.3) is 5.91 Å². The molecule has 1 saturated heterocycles. The third-order valence-electron chi connectivity index (χ3n) is 4.05. The van der Waals surface area contributed by atoms with Gasteiger partial charge < -0.3 is 4.90 Å². The first-order valence-corrected chi connectivity index (χ1v) is 6.76. The van der Waals surface area contributed by atoms with Crippen LogP contribution in [0, 0.1) is 19.3 Å². The van der Waals surface area contributed by atoms with Gasteiger partial charge in [0.05, 0.1) is 0 Å². The van der Waals surface area contributed by atoms with Crippen molar-refractivity contribution < 1.29 is 14.4 Å². The fraction of sp³-hybridized carbons (Fsp3) is 0.312. The Kier molecular flexibility index (Phi) is 3.02. The van der Waals surface area contributed by atoms with E-state index in [-0.39, 0.29) is 18.2 Å². The van der Waals surface area contributed by atoms with Crippen LogP contribution in [-0.4, -0.2) is 28.7 Å². The van der Waals surface area contributed by atoms with E-state index in [1.165, 1.54) is 4.90 Å². The number of imide groups is 1. The lowest BCUT2D eigenvalue weighted by atomic mass is 10.0. The van der Waals surface area contributed by atoms with E-state index in [0.29, 0.717) is 24.1 Å². The molecule has 3 rings (SSSR count). The summed E-state index contributed by atoms with van der Waals surface area (Å²) in [5, 5.41) is 2.29. The van der Waals surface area contributed by atoms with E-state index >= 15 is 0 Å². The number of carbonyl (C=O) groups is 3. The average molecular weight is 282 g/mol. The van der Waals surface area contributed by atoms with Crippen LogP contribution < -0.4 is 5.32 Å². The first-order chi connectivity index (χ1) is 10.0. The third kappa shape index (κ3) is 2.09. The Morgan fingerprint density at radius 2 is 2.10 bits per heavy atom. The van der Waals surface area contributed by atoms with Gasteiger partial charge in [-0.3, -0.25) is 19.7 Å². The Morgan fingerprint density at radius 1 is 1.33 bits per heavy atom. The van der Waals surface area contributed by atoms with Crippen molar-refractivity contribution in [3.63, 3.8) is 0 Å². The minimum atomic E-state index is -0.587. The second kappa shape index (κ2) is 4.74. The number of nitrogens with one attached hydrogen (secondary N) is 1. The maximum atomic E-state index is 12.5. The third-order valence-corrected chi connectivity index (χ3v) is 4.05. The predicted octanol–water partition coefficient (Wildman–Crippen LogP) is 0.737. The summed E-state index contributed by atoms with van der Waals surface area (Å²) in [6.45, 7) is 2.29. The van der Waals surface area contributed by atoms with Crippen molar-refractivity contribution in [2.24, 2.45) is 0 Å². The summed E-state index contributed by atoms with van der Waals surface area (Å²) >= 11 is 0. The van der Waals surface area contributed by atoms with Crippen LogP contribution in [0.1, 0.15) is 39.9 Å². The van der Waals surface area contributed by atoms with E-state index in [4.69, 9.17) is 6.42 Å². The van der Waals surface area contributed by atoms with E-state index in [1.807, 2.05) is 13.0 Å². The van der Waals surface area contributed by atoms with Crippen LogP contribution in [-0.2, 0) is 16.1 Å². The lowest BCUT2D eigenvalue weighted by molar-refractivity contribution is -0.136. The summed E-state index contributed by atoms with van der Waals surface area (Å²) in [5.41, 5.74) is 3.07. The Labute approximate surface area is 122 Å². The molecule has 2 aliphatic rings. The standard InChI is InChI=1S/C16H14N2O3/c1-3-10-6-9(2)12-8-18(16(21)11(12)7-10)13-4-5-14(19)17-15(13)20/h1,6-7,13H,4-5,8H2,2H3,(H,17,19,20). The van der Waals surface area contributed by atoms with Crippen molar-refractivity contribution in [3.05, 3.63) is 34.4 Å².